The molecule has 146 valence electrons. The Morgan fingerprint density at radius 3 is 2.68 bits per heavy atom. The Morgan fingerprint density at radius 2 is 2.00 bits per heavy atom. The zero-order valence-electron chi connectivity index (χ0n) is 16.0. The zero-order chi connectivity index (χ0) is 19.7. The van der Waals surface area contributed by atoms with Crippen LogP contribution in [0.25, 0.3) is 11.4 Å². The summed E-state index contributed by atoms with van der Waals surface area (Å²) in [6.45, 7) is 3.89. The number of Topliss-reactive ketones (excluding diaryl/α,β-unsaturated/α-hetero) is 1. The van der Waals surface area contributed by atoms with Crippen molar-refractivity contribution < 1.29 is 4.79 Å². The molecule has 1 aliphatic carbocycles. The molecule has 3 aromatic rings. The Hall–Kier alpha value is -2.05. The molecule has 0 saturated heterocycles. The third kappa shape index (κ3) is 3.76. The molecule has 0 bridgehead atoms. The lowest BCUT2D eigenvalue weighted by atomic mass is 10.2. The number of H-pyrrole nitrogens is 1. The van der Waals surface area contributed by atoms with Crippen LogP contribution in [0.4, 0.5) is 0 Å². The third-order valence-corrected chi connectivity index (χ3v) is 6.52. The fraction of sp³-hybridized carbons (Fsp3) is 0.381. The lowest BCUT2D eigenvalue weighted by Gasteiger charge is -2.17. The molecule has 0 unspecified atom stereocenters. The van der Waals surface area contributed by atoms with Crippen molar-refractivity contribution in [2.75, 3.05) is 5.75 Å². The molecule has 2 heterocycles. The van der Waals surface area contributed by atoms with E-state index >= 15 is 0 Å². The second-order valence-corrected chi connectivity index (χ2v) is 8.65. The summed E-state index contributed by atoms with van der Waals surface area (Å²) >= 11 is 7.89. The number of thioether (sulfide) groups is 1. The molecule has 0 spiro atoms. The van der Waals surface area contributed by atoms with Gasteiger partial charge in [0.15, 0.2) is 16.8 Å². The van der Waals surface area contributed by atoms with Gasteiger partial charge in [-0.25, -0.2) is 0 Å². The number of carbonyl (C=O) groups excluding carboxylic acids is 1. The summed E-state index contributed by atoms with van der Waals surface area (Å²) in [4.78, 5) is 15.9. The summed E-state index contributed by atoms with van der Waals surface area (Å²) in [5.74, 6) is 1.24. The number of benzene rings is 1. The maximum Gasteiger partial charge on any atom is 0.192 e. The second-order valence-electron chi connectivity index (χ2n) is 7.30. The topological polar surface area (TPSA) is 63.6 Å². The SMILES string of the molecule is Cc1cc(C(=O)CSc2nnc(-c3ccccc3Cl)n2C2CCCC2)c(C)[nH]1. The van der Waals surface area contributed by atoms with Gasteiger partial charge < -0.3 is 4.98 Å². The van der Waals surface area contributed by atoms with Crippen molar-refractivity contribution in [3.05, 3.63) is 52.3 Å². The van der Waals surface area contributed by atoms with Crippen molar-refractivity contribution in [3.8, 4) is 11.4 Å². The highest BCUT2D eigenvalue weighted by molar-refractivity contribution is 7.99. The lowest BCUT2D eigenvalue weighted by Crippen LogP contribution is -2.10. The van der Waals surface area contributed by atoms with Crippen LogP contribution < -0.4 is 0 Å². The molecule has 1 aliphatic rings. The van der Waals surface area contributed by atoms with E-state index in [-0.39, 0.29) is 5.78 Å². The number of ketones is 1. The van der Waals surface area contributed by atoms with Gasteiger partial charge in [0.05, 0.1) is 10.8 Å². The van der Waals surface area contributed by atoms with Crippen LogP contribution in [0.3, 0.4) is 0 Å². The van der Waals surface area contributed by atoms with Gasteiger partial charge in [-0.05, 0) is 44.9 Å². The monoisotopic (exact) mass is 414 g/mol. The van der Waals surface area contributed by atoms with Gasteiger partial charge in [-0.3, -0.25) is 9.36 Å². The molecule has 5 nitrogen and oxygen atoms in total. The molecular formula is C21H23ClN4OS. The van der Waals surface area contributed by atoms with Crippen molar-refractivity contribution in [1.29, 1.82) is 0 Å². The summed E-state index contributed by atoms with van der Waals surface area (Å²) in [5.41, 5.74) is 3.56. The first kappa shape index (κ1) is 19.3. The lowest BCUT2D eigenvalue weighted by molar-refractivity contribution is 0.102. The molecule has 1 aromatic carbocycles. The molecule has 28 heavy (non-hydrogen) atoms. The molecule has 1 saturated carbocycles. The van der Waals surface area contributed by atoms with Crippen molar-refractivity contribution in [2.24, 2.45) is 0 Å². The first-order chi connectivity index (χ1) is 13.5. The number of hydrogen-bond donors (Lipinski definition) is 1. The van der Waals surface area contributed by atoms with E-state index in [9.17, 15) is 4.79 Å². The predicted molar refractivity (Wildman–Crippen MR) is 113 cm³/mol. The van der Waals surface area contributed by atoms with Crippen LogP contribution in [-0.4, -0.2) is 31.3 Å². The van der Waals surface area contributed by atoms with E-state index in [0.29, 0.717) is 16.8 Å². The zero-order valence-corrected chi connectivity index (χ0v) is 17.6. The van der Waals surface area contributed by atoms with E-state index in [4.69, 9.17) is 11.6 Å². The maximum absolute atomic E-state index is 12.7. The third-order valence-electron chi connectivity index (χ3n) is 5.25. The fourth-order valence-electron chi connectivity index (χ4n) is 3.91. The van der Waals surface area contributed by atoms with E-state index < -0.39 is 0 Å². The van der Waals surface area contributed by atoms with Crippen LogP contribution in [0.1, 0.15) is 53.5 Å². The Balaban J connectivity index is 1.63. The molecule has 0 amide bonds. The molecular weight excluding hydrogens is 392 g/mol. The minimum absolute atomic E-state index is 0.104. The van der Waals surface area contributed by atoms with Gasteiger partial charge in [-0.1, -0.05) is 48.3 Å². The van der Waals surface area contributed by atoms with Gasteiger partial charge in [-0.2, -0.15) is 0 Å². The first-order valence-corrected chi connectivity index (χ1v) is 10.9. The highest BCUT2D eigenvalue weighted by atomic mass is 35.5. The van der Waals surface area contributed by atoms with Crippen molar-refractivity contribution in [1.82, 2.24) is 19.7 Å². The van der Waals surface area contributed by atoms with Crippen LogP contribution in [0.2, 0.25) is 5.02 Å². The Morgan fingerprint density at radius 1 is 1.25 bits per heavy atom. The number of nitrogens with zero attached hydrogens (tertiary/aromatic N) is 3. The maximum atomic E-state index is 12.7. The van der Waals surface area contributed by atoms with Crippen LogP contribution in [0, 0.1) is 13.8 Å². The van der Waals surface area contributed by atoms with Crippen LogP contribution >= 0.6 is 23.4 Å². The highest BCUT2D eigenvalue weighted by Gasteiger charge is 2.26. The molecule has 0 aliphatic heterocycles. The van der Waals surface area contributed by atoms with Crippen LogP contribution in [0.5, 0.6) is 0 Å². The molecule has 1 fully saturated rings. The summed E-state index contributed by atoms with van der Waals surface area (Å²) in [6, 6.07) is 9.99. The van der Waals surface area contributed by atoms with Gasteiger partial charge in [-0.15, -0.1) is 10.2 Å². The standard InChI is InChI=1S/C21H23ClN4OS/c1-13-11-17(14(2)23-13)19(27)12-28-21-25-24-20(16-9-5-6-10-18(16)22)26(21)15-7-3-4-8-15/h5-6,9-11,15,23H,3-4,7-8,12H2,1-2H3. The largest absolute Gasteiger partial charge is 0.362 e. The van der Waals surface area contributed by atoms with Gasteiger partial charge in [0.25, 0.3) is 0 Å². The molecule has 0 radical (unpaired) electrons. The van der Waals surface area contributed by atoms with Crippen molar-refractivity contribution in [3.63, 3.8) is 0 Å². The van der Waals surface area contributed by atoms with Crippen LogP contribution in [0.15, 0.2) is 35.5 Å². The molecule has 2 aromatic heterocycles. The predicted octanol–water partition coefficient (Wildman–Crippen LogP) is 5.63. The number of nitrogens with one attached hydrogen (secondary N) is 1. The van der Waals surface area contributed by atoms with E-state index in [1.165, 1.54) is 24.6 Å². The van der Waals surface area contributed by atoms with Crippen molar-refractivity contribution >= 4 is 29.1 Å². The number of hydrogen-bond acceptors (Lipinski definition) is 4. The van der Waals surface area contributed by atoms with E-state index in [1.807, 2.05) is 44.2 Å². The summed E-state index contributed by atoms with van der Waals surface area (Å²) in [7, 11) is 0. The molecule has 1 N–H and O–H groups in total. The smallest absolute Gasteiger partial charge is 0.192 e. The van der Waals surface area contributed by atoms with E-state index in [1.54, 1.807) is 0 Å². The minimum Gasteiger partial charge on any atom is -0.362 e. The van der Waals surface area contributed by atoms with Gasteiger partial charge in [0.1, 0.15) is 0 Å². The van der Waals surface area contributed by atoms with Gasteiger partial charge >= 0.3 is 0 Å². The molecule has 7 heteroatoms. The van der Waals surface area contributed by atoms with Gasteiger partial charge in [0, 0.05) is 28.6 Å². The Labute approximate surface area is 173 Å². The molecule has 4 rings (SSSR count). The number of carbonyl (C=O) groups is 1. The number of aryl methyl sites for hydroxylation is 2. The minimum atomic E-state index is 0.104. The fourth-order valence-corrected chi connectivity index (χ4v) is 5.02. The number of aromatic amines is 1. The number of rotatable bonds is 6. The van der Waals surface area contributed by atoms with Crippen LogP contribution in [-0.2, 0) is 0 Å². The first-order valence-electron chi connectivity index (χ1n) is 9.56. The average molecular weight is 415 g/mol. The van der Waals surface area contributed by atoms with E-state index in [0.717, 1.165) is 46.3 Å². The van der Waals surface area contributed by atoms with E-state index in [2.05, 4.69) is 19.7 Å². The Kier molecular flexibility index (Phi) is 5.60. The Bertz CT molecular complexity index is 1000. The number of aromatic nitrogens is 4. The average Bonchev–Trinajstić information content (AvgIpc) is 3.39. The second kappa shape index (κ2) is 8.13. The van der Waals surface area contributed by atoms with Crippen molar-refractivity contribution in [2.45, 2.75) is 50.7 Å². The number of halogens is 1. The summed E-state index contributed by atoms with van der Waals surface area (Å²) in [5, 5.41) is 10.3. The normalized spacial score (nSPS) is 14.7. The highest BCUT2D eigenvalue weighted by Crippen LogP contribution is 2.38. The van der Waals surface area contributed by atoms with Gasteiger partial charge in [0.2, 0.25) is 0 Å². The summed E-state index contributed by atoms with van der Waals surface area (Å²) < 4.78 is 2.20. The quantitative estimate of drug-likeness (QED) is 0.419. The molecule has 0 atom stereocenters. The summed E-state index contributed by atoms with van der Waals surface area (Å²) in [6.07, 6.45) is 4.62.